The summed E-state index contributed by atoms with van der Waals surface area (Å²) in [4.78, 5) is 10.6. The molecule has 1 aromatic carbocycles. The molecular formula is C14H17NO. The number of benzene rings is 1. The van der Waals surface area contributed by atoms with Crippen LogP contribution < -0.4 is 0 Å². The molecule has 0 spiro atoms. The minimum absolute atomic E-state index is 0.503. The van der Waals surface area contributed by atoms with E-state index in [4.69, 9.17) is 0 Å². The van der Waals surface area contributed by atoms with Gasteiger partial charge in [-0.15, -0.1) is 0 Å². The van der Waals surface area contributed by atoms with E-state index < -0.39 is 0 Å². The summed E-state index contributed by atoms with van der Waals surface area (Å²) in [6, 6.07) is 8.27. The zero-order valence-corrected chi connectivity index (χ0v) is 9.81. The molecule has 2 aromatic rings. The minimum Gasteiger partial charge on any atom is -0.347 e. The third-order valence-corrected chi connectivity index (χ3v) is 2.77. The van der Waals surface area contributed by atoms with Crippen molar-refractivity contribution in [2.75, 3.05) is 0 Å². The van der Waals surface area contributed by atoms with Crippen molar-refractivity contribution in [3.8, 4) is 0 Å². The zero-order valence-electron chi connectivity index (χ0n) is 9.81. The van der Waals surface area contributed by atoms with Crippen molar-refractivity contribution in [1.82, 2.24) is 4.57 Å². The van der Waals surface area contributed by atoms with Crippen LogP contribution in [0.2, 0.25) is 0 Å². The second kappa shape index (κ2) is 4.52. The number of aldehydes is 1. The van der Waals surface area contributed by atoms with E-state index in [2.05, 4.69) is 36.7 Å². The number of hydrogen-bond acceptors (Lipinski definition) is 1. The smallest absolute Gasteiger partial charge is 0.124 e. The maximum atomic E-state index is 10.6. The lowest BCUT2D eigenvalue weighted by Crippen LogP contribution is -2.02. The van der Waals surface area contributed by atoms with Gasteiger partial charge < -0.3 is 9.36 Å². The van der Waals surface area contributed by atoms with Gasteiger partial charge in [-0.2, -0.15) is 0 Å². The summed E-state index contributed by atoms with van der Waals surface area (Å²) in [5, 5.41) is 1.20. The molecule has 1 aromatic heterocycles. The summed E-state index contributed by atoms with van der Waals surface area (Å²) < 4.78 is 2.26. The molecule has 0 amide bonds. The van der Waals surface area contributed by atoms with Gasteiger partial charge in [-0.05, 0) is 23.6 Å². The number of aromatic nitrogens is 1. The Morgan fingerprint density at radius 1 is 1.31 bits per heavy atom. The third-order valence-electron chi connectivity index (χ3n) is 2.77. The molecule has 0 aliphatic carbocycles. The number of hydrogen-bond donors (Lipinski definition) is 0. The molecule has 16 heavy (non-hydrogen) atoms. The van der Waals surface area contributed by atoms with Crippen LogP contribution in [0.3, 0.4) is 0 Å². The summed E-state index contributed by atoms with van der Waals surface area (Å²) in [5.74, 6) is 0.630. The van der Waals surface area contributed by atoms with Crippen molar-refractivity contribution < 1.29 is 4.79 Å². The van der Waals surface area contributed by atoms with Crippen LogP contribution in [0.4, 0.5) is 0 Å². The molecule has 2 nitrogen and oxygen atoms in total. The fourth-order valence-electron chi connectivity index (χ4n) is 2.11. The Morgan fingerprint density at radius 2 is 2.12 bits per heavy atom. The molecule has 2 heteroatoms. The molecule has 0 bridgehead atoms. The fraction of sp³-hybridized carbons (Fsp3) is 0.357. The van der Waals surface area contributed by atoms with Gasteiger partial charge in [0.05, 0.1) is 0 Å². The highest BCUT2D eigenvalue weighted by molar-refractivity contribution is 5.85. The molecule has 0 atom stereocenters. The highest BCUT2D eigenvalue weighted by Gasteiger charge is 2.05. The molecule has 0 aliphatic heterocycles. The van der Waals surface area contributed by atoms with E-state index in [0.29, 0.717) is 12.3 Å². The molecule has 2 rings (SSSR count). The van der Waals surface area contributed by atoms with Crippen molar-refractivity contribution >= 4 is 17.2 Å². The first kappa shape index (κ1) is 10.9. The molecule has 0 saturated heterocycles. The number of carbonyl (C=O) groups excluding carboxylic acids is 1. The van der Waals surface area contributed by atoms with Crippen LogP contribution in [0.15, 0.2) is 30.5 Å². The Kier molecular flexibility index (Phi) is 3.09. The van der Waals surface area contributed by atoms with Crippen LogP contribution in [0, 0.1) is 5.92 Å². The third kappa shape index (κ3) is 2.01. The lowest BCUT2D eigenvalue weighted by Gasteiger charge is -2.08. The van der Waals surface area contributed by atoms with Crippen molar-refractivity contribution in [3.05, 3.63) is 36.0 Å². The van der Waals surface area contributed by atoms with Crippen molar-refractivity contribution in [2.45, 2.75) is 26.8 Å². The lowest BCUT2D eigenvalue weighted by molar-refractivity contribution is -0.107. The van der Waals surface area contributed by atoms with Crippen LogP contribution >= 0.6 is 0 Å². The van der Waals surface area contributed by atoms with Gasteiger partial charge in [-0.3, -0.25) is 0 Å². The largest absolute Gasteiger partial charge is 0.347 e. The number of nitrogens with zero attached hydrogens (tertiary/aromatic N) is 1. The van der Waals surface area contributed by atoms with Gasteiger partial charge in [-0.1, -0.05) is 26.0 Å². The standard InChI is InChI=1S/C14H17NO/c1-11(2)10-15-8-6-13-12(7-9-16)4-3-5-14(13)15/h3-6,8-9,11H,7,10H2,1-2H3. The first-order chi connectivity index (χ1) is 7.72. The first-order valence-electron chi connectivity index (χ1n) is 5.72. The van der Waals surface area contributed by atoms with Gasteiger partial charge in [0, 0.05) is 30.1 Å². The summed E-state index contributed by atoms with van der Waals surface area (Å²) in [7, 11) is 0. The first-order valence-corrected chi connectivity index (χ1v) is 5.72. The van der Waals surface area contributed by atoms with Crippen LogP contribution in [0.5, 0.6) is 0 Å². The predicted molar refractivity (Wildman–Crippen MR) is 66.5 cm³/mol. The normalized spacial score (nSPS) is 11.2. The molecule has 1 heterocycles. The van der Waals surface area contributed by atoms with Crippen molar-refractivity contribution in [1.29, 1.82) is 0 Å². The Morgan fingerprint density at radius 3 is 2.81 bits per heavy atom. The van der Waals surface area contributed by atoms with E-state index in [1.165, 1.54) is 10.9 Å². The Bertz CT molecular complexity index is 496. The second-order valence-electron chi connectivity index (χ2n) is 4.58. The zero-order chi connectivity index (χ0) is 11.5. The van der Waals surface area contributed by atoms with Gasteiger partial charge in [0.2, 0.25) is 0 Å². The monoisotopic (exact) mass is 215 g/mol. The molecule has 0 unspecified atom stereocenters. The molecule has 0 saturated carbocycles. The molecular weight excluding hydrogens is 198 g/mol. The predicted octanol–water partition coefficient (Wildman–Crippen LogP) is 3.04. The SMILES string of the molecule is CC(C)Cn1ccc2c(CC=O)cccc21. The fourth-order valence-corrected chi connectivity index (χ4v) is 2.11. The minimum atomic E-state index is 0.503. The van der Waals surface area contributed by atoms with Gasteiger partial charge in [0.25, 0.3) is 0 Å². The van der Waals surface area contributed by atoms with E-state index in [-0.39, 0.29) is 0 Å². The highest BCUT2D eigenvalue weighted by atomic mass is 16.1. The average molecular weight is 215 g/mol. The topological polar surface area (TPSA) is 22.0 Å². The van der Waals surface area contributed by atoms with E-state index in [0.717, 1.165) is 18.4 Å². The number of carbonyl (C=O) groups is 1. The Hall–Kier alpha value is -1.57. The number of fused-ring (bicyclic) bond motifs is 1. The van der Waals surface area contributed by atoms with Crippen LogP contribution in [-0.4, -0.2) is 10.9 Å². The summed E-state index contributed by atoms with van der Waals surface area (Å²) >= 11 is 0. The number of rotatable bonds is 4. The Balaban J connectivity index is 2.48. The Labute approximate surface area is 95.9 Å². The van der Waals surface area contributed by atoms with Crippen LogP contribution in [0.25, 0.3) is 10.9 Å². The van der Waals surface area contributed by atoms with Gasteiger partial charge in [0.1, 0.15) is 6.29 Å². The molecule has 84 valence electrons. The van der Waals surface area contributed by atoms with Gasteiger partial charge in [0.15, 0.2) is 0 Å². The molecule has 0 fully saturated rings. The van der Waals surface area contributed by atoms with Crippen LogP contribution in [0.1, 0.15) is 19.4 Å². The summed E-state index contributed by atoms with van der Waals surface area (Å²) in [5.41, 5.74) is 2.35. The van der Waals surface area contributed by atoms with Gasteiger partial charge in [-0.25, -0.2) is 0 Å². The van der Waals surface area contributed by atoms with E-state index in [1.54, 1.807) is 0 Å². The van der Waals surface area contributed by atoms with E-state index in [1.807, 2.05) is 12.1 Å². The van der Waals surface area contributed by atoms with Crippen LogP contribution in [-0.2, 0) is 17.8 Å². The van der Waals surface area contributed by atoms with E-state index in [9.17, 15) is 4.79 Å². The average Bonchev–Trinajstić information content (AvgIpc) is 2.63. The molecule has 0 N–H and O–H groups in total. The van der Waals surface area contributed by atoms with E-state index >= 15 is 0 Å². The molecule has 0 radical (unpaired) electrons. The van der Waals surface area contributed by atoms with Gasteiger partial charge >= 0.3 is 0 Å². The lowest BCUT2D eigenvalue weighted by atomic mass is 10.1. The maximum absolute atomic E-state index is 10.6. The summed E-state index contributed by atoms with van der Waals surface area (Å²) in [6.07, 6.45) is 3.58. The van der Waals surface area contributed by atoms with Crippen molar-refractivity contribution in [3.63, 3.8) is 0 Å². The highest BCUT2D eigenvalue weighted by Crippen LogP contribution is 2.21. The van der Waals surface area contributed by atoms with Crippen molar-refractivity contribution in [2.24, 2.45) is 5.92 Å². The quantitative estimate of drug-likeness (QED) is 0.718. The maximum Gasteiger partial charge on any atom is 0.124 e. The molecule has 0 aliphatic rings. The summed E-state index contributed by atoms with van der Waals surface area (Å²) in [6.45, 7) is 5.44. The second-order valence-corrected chi connectivity index (χ2v) is 4.58.